The first-order valence-corrected chi connectivity index (χ1v) is 10.1. The smallest absolute Gasteiger partial charge is 0.213 e. The molecule has 6 nitrogen and oxygen atoms in total. The molecule has 1 saturated heterocycles. The maximum absolute atomic E-state index is 11.9. The number of piperidine rings is 1. The van der Waals surface area contributed by atoms with Gasteiger partial charge in [0.05, 0.1) is 18.0 Å². The molecule has 7 heteroatoms. The molecule has 0 bridgehead atoms. The zero-order valence-corrected chi connectivity index (χ0v) is 15.6. The van der Waals surface area contributed by atoms with Crippen LogP contribution in [0.4, 0.5) is 0 Å². The number of rotatable bonds is 7. The molecule has 0 saturated carbocycles. The second-order valence-electron chi connectivity index (χ2n) is 6.75. The van der Waals surface area contributed by atoms with Gasteiger partial charge in [-0.25, -0.2) is 12.7 Å². The third-order valence-corrected chi connectivity index (χ3v) is 6.56. The van der Waals surface area contributed by atoms with E-state index < -0.39 is 10.0 Å². The molecule has 0 aromatic carbocycles. The zero-order valence-electron chi connectivity index (χ0n) is 14.8. The van der Waals surface area contributed by atoms with E-state index in [0.717, 1.165) is 25.3 Å². The van der Waals surface area contributed by atoms with Crippen molar-refractivity contribution in [2.24, 2.45) is 0 Å². The molecular weight excluding hydrogens is 312 g/mol. The van der Waals surface area contributed by atoms with Gasteiger partial charge in [0.15, 0.2) is 0 Å². The van der Waals surface area contributed by atoms with Gasteiger partial charge in [-0.2, -0.15) is 5.10 Å². The van der Waals surface area contributed by atoms with Gasteiger partial charge in [0.1, 0.15) is 0 Å². The molecule has 0 aliphatic carbocycles. The highest BCUT2D eigenvalue weighted by Gasteiger charge is 2.24. The summed E-state index contributed by atoms with van der Waals surface area (Å²) in [5, 5.41) is 4.57. The van der Waals surface area contributed by atoms with Gasteiger partial charge in [0.2, 0.25) is 10.0 Å². The largest absolute Gasteiger partial charge is 0.299 e. The number of sulfonamides is 1. The molecule has 1 unspecified atom stereocenters. The Hall–Kier alpha value is -0.920. The zero-order chi connectivity index (χ0) is 17.0. The molecule has 2 rings (SSSR count). The number of hydrogen-bond donors (Lipinski definition) is 0. The Bertz CT molecular complexity index is 610. The van der Waals surface area contributed by atoms with Crippen LogP contribution in [-0.2, 0) is 16.6 Å². The summed E-state index contributed by atoms with van der Waals surface area (Å²) in [6.45, 7) is 6.92. The molecule has 0 radical (unpaired) electrons. The number of aryl methyl sites for hydroxylation is 2. The molecule has 1 fully saturated rings. The standard InChI is InChI=1S/C16H30N4O2S/c1-14-12-15(2)20(17-14)13-16-8-5-6-9-19(16)10-7-11-23(21,22)18(3)4/h12,16H,5-11,13H2,1-4H3. The van der Waals surface area contributed by atoms with Crippen LogP contribution in [0.5, 0.6) is 0 Å². The molecule has 1 atom stereocenters. The van der Waals surface area contributed by atoms with Crippen molar-refractivity contribution in [3.63, 3.8) is 0 Å². The van der Waals surface area contributed by atoms with Crippen molar-refractivity contribution in [2.45, 2.75) is 52.1 Å². The number of aromatic nitrogens is 2. The highest BCUT2D eigenvalue weighted by atomic mass is 32.2. The highest BCUT2D eigenvalue weighted by Crippen LogP contribution is 2.19. The van der Waals surface area contributed by atoms with Gasteiger partial charge in [0.25, 0.3) is 0 Å². The Morgan fingerprint density at radius 3 is 2.65 bits per heavy atom. The molecule has 0 spiro atoms. The lowest BCUT2D eigenvalue weighted by atomic mass is 10.0. The summed E-state index contributed by atoms with van der Waals surface area (Å²) >= 11 is 0. The second kappa shape index (κ2) is 7.77. The van der Waals surface area contributed by atoms with Crippen molar-refractivity contribution in [3.05, 3.63) is 17.5 Å². The summed E-state index contributed by atoms with van der Waals surface area (Å²) in [7, 11) is 0.108. The van der Waals surface area contributed by atoms with E-state index in [-0.39, 0.29) is 5.75 Å². The average molecular weight is 343 g/mol. The lowest BCUT2D eigenvalue weighted by Crippen LogP contribution is -2.43. The van der Waals surface area contributed by atoms with E-state index in [1.807, 2.05) is 6.92 Å². The first kappa shape index (κ1) is 18.4. The fourth-order valence-electron chi connectivity index (χ4n) is 3.25. The Kier molecular flexibility index (Phi) is 6.22. The maximum Gasteiger partial charge on any atom is 0.213 e. The van der Waals surface area contributed by atoms with Gasteiger partial charge in [-0.1, -0.05) is 6.42 Å². The minimum atomic E-state index is -3.09. The quantitative estimate of drug-likeness (QED) is 0.756. The molecule has 0 N–H and O–H groups in total. The molecule has 1 aliphatic rings. The average Bonchev–Trinajstić information content (AvgIpc) is 2.78. The van der Waals surface area contributed by atoms with Gasteiger partial charge in [-0.05, 0) is 52.3 Å². The van der Waals surface area contributed by atoms with Crippen LogP contribution in [0.15, 0.2) is 6.07 Å². The van der Waals surface area contributed by atoms with Crippen LogP contribution in [-0.4, -0.2) is 66.4 Å². The van der Waals surface area contributed by atoms with Gasteiger partial charge in [-0.15, -0.1) is 0 Å². The monoisotopic (exact) mass is 342 g/mol. The number of hydrogen-bond acceptors (Lipinski definition) is 4. The minimum Gasteiger partial charge on any atom is -0.299 e. The normalized spacial score (nSPS) is 20.3. The Labute approximate surface area is 140 Å². The lowest BCUT2D eigenvalue weighted by molar-refractivity contribution is 0.129. The Morgan fingerprint density at radius 2 is 2.04 bits per heavy atom. The first-order chi connectivity index (χ1) is 10.8. The van der Waals surface area contributed by atoms with E-state index in [9.17, 15) is 8.42 Å². The van der Waals surface area contributed by atoms with Gasteiger partial charge >= 0.3 is 0 Å². The topological polar surface area (TPSA) is 58.4 Å². The van der Waals surface area contributed by atoms with Crippen LogP contribution in [0.1, 0.15) is 37.1 Å². The molecule has 132 valence electrons. The Morgan fingerprint density at radius 1 is 1.30 bits per heavy atom. The van der Waals surface area contributed by atoms with Crippen molar-refractivity contribution in [1.82, 2.24) is 19.0 Å². The van der Waals surface area contributed by atoms with Crippen molar-refractivity contribution < 1.29 is 8.42 Å². The predicted molar refractivity (Wildman–Crippen MR) is 93.0 cm³/mol. The van der Waals surface area contributed by atoms with Crippen molar-refractivity contribution in [1.29, 1.82) is 0 Å². The van der Waals surface area contributed by atoms with Crippen LogP contribution in [0.25, 0.3) is 0 Å². The van der Waals surface area contributed by atoms with Crippen LogP contribution < -0.4 is 0 Å². The fourth-order valence-corrected chi connectivity index (χ4v) is 4.11. The highest BCUT2D eigenvalue weighted by molar-refractivity contribution is 7.89. The lowest BCUT2D eigenvalue weighted by Gasteiger charge is -2.36. The van der Waals surface area contributed by atoms with E-state index in [0.29, 0.717) is 12.5 Å². The van der Waals surface area contributed by atoms with Crippen molar-refractivity contribution in [3.8, 4) is 0 Å². The summed E-state index contributed by atoms with van der Waals surface area (Å²) in [6, 6.07) is 2.57. The summed E-state index contributed by atoms with van der Waals surface area (Å²) in [5.74, 6) is 0.225. The summed E-state index contributed by atoms with van der Waals surface area (Å²) in [6.07, 6.45) is 4.30. The van der Waals surface area contributed by atoms with Crippen LogP contribution in [0.3, 0.4) is 0 Å². The van der Waals surface area contributed by atoms with Gasteiger partial charge in [-0.3, -0.25) is 9.58 Å². The maximum atomic E-state index is 11.9. The summed E-state index contributed by atoms with van der Waals surface area (Å²) in [5.41, 5.74) is 2.25. The van der Waals surface area contributed by atoms with Crippen molar-refractivity contribution >= 4 is 10.0 Å². The molecule has 23 heavy (non-hydrogen) atoms. The van der Waals surface area contributed by atoms with E-state index in [2.05, 4.69) is 27.7 Å². The Balaban J connectivity index is 1.92. The second-order valence-corrected chi connectivity index (χ2v) is 9.05. The fraction of sp³-hybridized carbons (Fsp3) is 0.812. The van der Waals surface area contributed by atoms with Crippen LogP contribution in [0.2, 0.25) is 0 Å². The number of likely N-dealkylation sites (tertiary alicyclic amines) is 1. The van der Waals surface area contributed by atoms with E-state index in [1.54, 1.807) is 14.1 Å². The minimum absolute atomic E-state index is 0.225. The third-order valence-electron chi connectivity index (χ3n) is 4.64. The summed E-state index contributed by atoms with van der Waals surface area (Å²) in [4.78, 5) is 2.45. The first-order valence-electron chi connectivity index (χ1n) is 8.45. The van der Waals surface area contributed by atoms with Crippen molar-refractivity contribution in [2.75, 3.05) is 32.9 Å². The predicted octanol–water partition coefficient (Wildman–Crippen LogP) is 1.64. The van der Waals surface area contributed by atoms with E-state index in [4.69, 9.17) is 0 Å². The van der Waals surface area contributed by atoms with Crippen LogP contribution >= 0.6 is 0 Å². The molecule has 2 heterocycles. The molecular formula is C16H30N4O2S. The molecule has 1 aliphatic heterocycles. The summed E-state index contributed by atoms with van der Waals surface area (Å²) < 4.78 is 27.2. The molecule has 1 aromatic rings. The third kappa shape index (κ3) is 5.02. The van der Waals surface area contributed by atoms with Gasteiger partial charge < -0.3 is 0 Å². The van der Waals surface area contributed by atoms with E-state index in [1.165, 1.54) is 29.3 Å². The van der Waals surface area contributed by atoms with Gasteiger partial charge in [0, 0.05) is 25.8 Å². The molecule has 1 aromatic heterocycles. The van der Waals surface area contributed by atoms with Crippen LogP contribution in [0, 0.1) is 13.8 Å². The number of nitrogens with zero attached hydrogens (tertiary/aromatic N) is 4. The van der Waals surface area contributed by atoms with E-state index >= 15 is 0 Å². The molecule has 0 amide bonds. The SMILES string of the molecule is Cc1cc(C)n(CC2CCCCN2CCCS(=O)(=O)N(C)C)n1.